The Morgan fingerprint density at radius 1 is 0.966 bits per heavy atom. The number of halogens is 1. The molecule has 0 spiro atoms. The average molecular weight is 461 g/mol. The minimum atomic E-state index is -0.305. The maximum absolute atomic E-state index is 12.3. The van der Waals surface area contributed by atoms with E-state index in [1.807, 2.05) is 39.0 Å². The number of anilines is 1. The second-order valence-electron chi connectivity index (χ2n) is 9.01. The van der Waals surface area contributed by atoms with Gasteiger partial charge in [-0.3, -0.25) is 9.59 Å². The van der Waals surface area contributed by atoms with Gasteiger partial charge in [-0.15, -0.1) is 0 Å². The number of rotatable bonds is 5. The molecule has 2 N–H and O–H groups in total. The Kier molecular flexibility index (Phi) is 7.11. The predicted molar refractivity (Wildman–Crippen MR) is 121 cm³/mol. The van der Waals surface area contributed by atoms with Gasteiger partial charge in [0.15, 0.2) is 6.61 Å². The summed E-state index contributed by atoms with van der Waals surface area (Å²) in [4.78, 5) is 24.5. The lowest BCUT2D eigenvalue weighted by Gasteiger charge is -2.23. The molecule has 0 radical (unpaired) electrons. The number of hydrogen-bond acceptors (Lipinski definition) is 3. The normalized spacial score (nSPS) is 11.7. The zero-order valence-electron chi connectivity index (χ0n) is 17.9. The molecule has 156 valence electrons. The molecule has 29 heavy (non-hydrogen) atoms. The molecule has 2 rings (SSSR count). The van der Waals surface area contributed by atoms with Crippen molar-refractivity contribution in [2.75, 3.05) is 11.9 Å². The van der Waals surface area contributed by atoms with Crippen LogP contribution in [0.25, 0.3) is 0 Å². The van der Waals surface area contributed by atoms with Gasteiger partial charge in [-0.2, -0.15) is 0 Å². The number of benzene rings is 2. The van der Waals surface area contributed by atoms with Gasteiger partial charge in [-0.05, 0) is 68.7 Å². The molecule has 0 saturated heterocycles. The summed E-state index contributed by atoms with van der Waals surface area (Å²) in [5.74, 6) is 0.272. The minimum Gasteiger partial charge on any atom is -0.483 e. The molecule has 0 aromatic heterocycles. The van der Waals surface area contributed by atoms with Crippen molar-refractivity contribution in [3.8, 4) is 5.75 Å². The predicted octanol–water partition coefficient (Wildman–Crippen LogP) is 5.29. The Bertz CT molecular complexity index is 878. The molecule has 0 heterocycles. The lowest BCUT2D eigenvalue weighted by Crippen LogP contribution is -2.40. The topological polar surface area (TPSA) is 67.4 Å². The van der Waals surface area contributed by atoms with E-state index >= 15 is 0 Å². The summed E-state index contributed by atoms with van der Waals surface area (Å²) in [6, 6.07) is 12.5. The number of amides is 2. The van der Waals surface area contributed by atoms with Crippen molar-refractivity contribution in [1.82, 2.24) is 5.32 Å². The fourth-order valence-electron chi connectivity index (χ4n) is 2.67. The number of carbonyl (C=O) groups excluding carboxylic acids is 2. The summed E-state index contributed by atoms with van der Waals surface area (Å²) in [7, 11) is 0. The lowest BCUT2D eigenvalue weighted by atomic mass is 9.86. The van der Waals surface area contributed by atoms with Gasteiger partial charge in [-0.25, -0.2) is 0 Å². The zero-order valence-corrected chi connectivity index (χ0v) is 19.4. The molecule has 0 unspecified atom stereocenters. The molecule has 2 amide bonds. The van der Waals surface area contributed by atoms with Crippen LogP contribution in [0.2, 0.25) is 0 Å². The van der Waals surface area contributed by atoms with Gasteiger partial charge in [0.2, 0.25) is 0 Å². The number of ether oxygens (including phenoxy) is 1. The highest BCUT2D eigenvalue weighted by Gasteiger charge is 2.20. The van der Waals surface area contributed by atoms with Crippen molar-refractivity contribution >= 4 is 33.4 Å². The van der Waals surface area contributed by atoms with Gasteiger partial charge in [-0.1, -0.05) is 36.7 Å². The maximum atomic E-state index is 12.3. The van der Waals surface area contributed by atoms with Crippen LogP contribution in [0.15, 0.2) is 46.9 Å². The second kappa shape index (κ2) is 8.99. The van der Waals surface area contributed by atoms with Crippen molar-refractivity contribution in [1.29, 1.82) is 0 Å². The molecule has 0 aliphatic rings. The van der Waals surface area contributed by atoms with Crippen LogP contribution in [0.1, 0.15) is 57.5 Å². The first kappa shape index (κ1) is 22.9. The highest BCUT2D eigenvalue weighted by atomic mass is 79.9. The van der Waals surface area contributed by atoms with E-state index in [1.165, 1.54) is 0 Å². The first-order valence-electron chi connectivity index (χ1n) is 9.50. The molecular weight excluding hydrogens is 432 g/mol. The van der Waals surface area contributed by atoms with Crippen molar-refractivity contribution in [3.05, 3.63) is 58.1 Å². The number of hydrogen-bond donors (Lipinski definition) is 2. The molecule has 6 heteroatoms. The third-order valence-corrected chi connectivity index (χ3v) is 4.52. The first-order valence-corrected chi connectivity index (χ1v) is 10.3. The standard InChI is InChI=1S/C23H29BrN2O3/c1-22(2,3)18-13-16(24)9-12-19(18)29-14-20(27)25-17-10-7-15(8-11-17)21(28)26-23(4,5)6/h7-13H,14H2,1-6H3,(H,25,27)(H,26,28). The van der Waals surface area contributed by atoms with Gasteiger partial charge in [0.25, 0.3) is 11.8 Å². The van der Waals surface area contributed by atoms with E-state index in [1.54, 1.807) is 24.3 Å². The van der Waals surface area contributed by atoms with Gasteiger partial charge in [0, 0.05) is 26.8 Å². The van der Waals surface area contributed by atoms with Crippen LogP contribution >= 0.6 is 15.9 Å². The van der Waals surface area contributed by atoms with Crippen LogP contribution in [0.4, 0.5) is 5.69 Å². The summed E-state index contributed by atoms with van der Waals surface area (Å²) in [5, 5.41) is 5.70. The van der Waals surface area contributed by atoms with Gasteiger partial charge < -0.3 is 15.4 Å². The third-order valence-electron chi connectivity index (χ3n) is 4.03. The maximum Gasteiger partial charge on any atom is 0.262 e. The molecule has 0 aliphatic heterocycles. The van der Waals surface area contributed by atoms with E-state index < -0.39 is 0 Å². The minimum absolute atomic E-state index is 0.100. The first-order chi connectivity index (χ1) is 13.3. The third kappa shape index (κ3) is 7.20. The molecule has 0 fully saturated rings. The molecule has 0 bridgehead atoms. The fraction of sp³-hybridized carbons (Fsp3) is 0.391. The Morgan fingerprint density at radius 3 is 2.14 bits per heavy atom. The van der Waals surface area contributed by atoms with E-state index in [0.29, 0.717) is 17.0 Å². The smallest absolute Gasteiger partial charge is 0.262 e. The Balaban J connectivity index is 1.98. The van der Waals surface area contributed by atoms with E-state index in [9.17, 15) is 9.59 Å². The van der Waals surface area contributed by atoms with Crippen LogP contribution in [-0.2, 0) is 10.2 Å². The van der Waals surface area contributed by atoms with E-state index in [0.717, 1.165) is 10.0 Å². The molecule has 0 atom stereocenters. The fourth-order valence-corrected chi connectivity index (χ4v) is 3.03. The van der Waals surface area contributed by atoms with Crippen molar-refractivity contribution in [3.63, 3.8) is 0 Å². The average Bonchev–Trinajstić information content (AvgIpc) is 2.59. The van der Waals surface area contributed by atoms with Crippen LogP contribution in [0, 0.1) is 0 Å². The molecule has 2 aromatic rings. The number of carbonyl (C=O) groups is 2. The number of nitrogens with one attached hydrogen (secondary N) is 2. The highest BCUT2D eigenvalue weighted by molar-refractivity contribution is 9.10. The van der Waals surface area contributed by atoms with Gasteiger partial charge >= 0.3 is 0 Å². The largest absolute Gasteiger partial charge is 0.483 e. The summed E-state index contributed by atoms with van der Waals surface area (Å²) in [6.07, 6.45) is 0. The summed E-state index contributed by atoms with van der Waals surface area (Å²) in [5.41, 5.74) is 1.75. The van der Waals surface area contributed by atoms with Crippen molar-refractivity contribution < 1.29 is 14.3 Å². The molecule has 2 aromatic carbocycles. The van der Waals surface area contributed by atoms with E-state index in [4.69, 9.17) is 4.74 Å². The second-order valence-corrected chi connectivity index (χ2v) is 9.92. The molecule has 0 saturated carbocycles. The van der Waals surface area contributed by atoms with Crippen LogP contribution < -0.4 is 15.4 Å². The van der Waals surface area contributed by atoms with Gasteiger partial charge in [0.05, 0.1) is 0 Å². The van der Waals surface area contributed by atoms with Crippen molar-refractivity contribution in [2.45, 2.75) is 52.5 Å². The van der Waals surface area contributed by atoms with Crippen molar-refractivity contribution in [2.24, 2.45) is 0 Å². The Labute approximate surface area is 181 Å². The van der Waals surface area contributed by atoms with E-state index in [-0.39, 0.29) is 29.4 Å². The zero-order chi connectivity index (χ0) is 21.8. The SMILES string of the molecule is CC(C)(C)NC(=O)c1ccc(NC(=O)COc2ccc(Br)cc2C(C)(C)C)cc1. The van der Waals surface area contributed by atoms with Gasteiger partial charge in [0.1, 0.15) is 5.75 Å². The lowest BCUT2D eigenvalue weighted by molar-refractivity contribution is -0.118. The molecule has 5 nitrogen and oxygen atoms in total. The van der Waals surface area contributed by atoms with E-state index in [2.05, 4.69) is 47.3 Å². The van der Waals surface area contributed by atoms with Crippen LogP contribution in [0.3, 0.4) is 0 Å². The monoisotopic (exact) mass is 460 g/mol. The Morgan fingerprint density at radius 2 is 1.59 bits per heavy atom. The quantitative estimate of drug-likeness (QED) is 0.636. The highest BCUT2D eigenvalue weighted by Crippen LogP contribution is 2.33. The summed E-state index contributed by atoms with van der Waals surface area (Å²) in [6.45, 7) is 12.0. The molecule has 0 aliphatic carbocycles. The van der Waals surface area contributed by atoms with Crippen LogP contribution in [0.5, 0.6) is 5.75 Å². The summed E-state index contributed by atoms with van der Waals surface area (Å²) < 4.78 is 6.74. The Hall–Kier alpha value is -2.34. The summed E-state index contributed by atoms with van der Waals surface area (Å²) >= 11 is 3.48. The van der Waals surface area contributed by atoms with Crippen LogP contribution in [-0.4, -0.2) is 24.0 Å². The molecular formula is C23H29BrN2O3.